The quantitative estimate of drug-likeness (QED) is 0.599. The SMILES string of the molecule is CC(=O)NC1(CCl)C=CNC=C1I. The smallest absolute Gasteiger partial charge is 0.217 e. The number of rotatable bonds is 2. The van der Waals surface area contributed by atoms with Gasteiger partial charge in [0.1, 0.15) is 5.54 Å². The molecule has 1 aliphatic rings. The fourth-order valence-electron chi connectivity index (χ4n) is 1.08. The maximum absolute atomic E-state index is 11.0. The van der Waals surface area contributed by atoms with Crippen molar-refractivity contribution in [3.05, 3.63) is 22.1 Å². The minimum Gasteiger partial charge on any atom is -0.367 e. The van der Waals surface area contributed by atoms with Gasteiger partial charge < -0.3 is 10.6 Å². The minimum atomic E-state index is -0.529. The summed E-state index contributed by atoms with van der Waals surface area (Å²) in [6.07, 6.45) is 5.43. The zero-order chi connectivity index (χ0) is 9.90. The Morgan fingerprint density at radius 3 is 3.00 bits per heavy atom. The number of amides is 1. The van der Waals surface area contributed by atoms with Crippen molar-refractivity contribution in [2.75, 3.05) is 5.88 Å². The van der Waals surface area contributed by atoms with Crippen LogP contribution in [0.25, 0.3) is 0 Å². The second kappa shape index (κ2) is 4.32. The van der Waals surface area contributed by atoms with E-state index in [1.165, 1.54) is 6.92 Å². The molecule has 0 saturated carbocycles. The molecule has 2 N–H and O–H groups in total. The molecule has 0 aromatic rings. The standard InChI is InChI=1S/C8H10ClIN2O/c1-6(13)12-8(5-9)2-3-11-4-7(8)10/h2-4,11H,5H2,1H3,(H,12,13). The first-order chi connectivity index (χ1) is 6.10. The number of alkyl halides is 1. The molecular formula is C8H10ClIN2O. The van der Waals surface area contributed by atoms with Gasteiger partial charge in [0.05, 0.1) is 5.88 Å². The predicted molar refractivity (Wildman–Crippen MR) is 61.6 cm³/mol. The molecule has 1 aliphatic heterocycles. The zero-order valence-electron chi connectivity index (χ0n) is 7.10. The summed E-state index contributed by atoms with van der Waals surface area (Å²) in [5.41, 5.74) is -0.529. The highest BCUT2D eigenvalue weighted by atomic mass is 127. The second-order valence-corrected chi connectivity index (χ2v) is 4.21. The van der Waals surface area contributed by atoms with Crippen LogP contribution in [-0.4, -0.2) is 17.3 Å². The monoisotopic (exact) mass is 312 g/mol. The summed E-state index contributed by atoms with van der Waals surface area (Å²) in [6.45, 7) is 1.48. The third kappa shape index (κ3) is 2.37. The molecular weight excluding hydrogens is 302 g/mol. The molecule has 0 aromatic carbocycles. The molecule has 0 saturated heterocycles. The van der Waals surface area contributed by atoms with E-state index >= 15 is 0 Å². The number of hydrogen-bond donors (Lipinski definition) is 2. The van der Waals surface area contributed by atoms with Gasteiger partial charge in [-0.3, -0.25) is 4.79 Å². The summed E-state index contributed by atoms with van der Waals surface area (Å²) in [7, 11) is 0. The van der Waals surface area contributed by atoms with Crippen molar-refractivity contribution >= 4 is 40.1 Å². The van der Waals surface area contributed by atoms with E-state index in [1.54, 1.807) is 6.20 Å². The van der Waals surface area contributed by atoms with Crippen molar-refractivity contribution in [2.45, 2.75) is 12.5 Å². The van der Waals surface area contributed by atoms with Crippen LogP contribution in [0.3, 0.4) is 0 Å². The van der Waals surface area contributed by atoms with E-state index in [-0.39, 0.29) is 5.91 Å². The van der Waals surface area contributed by atoms with Crippen LogP contribution in [0.4, 0.5) is 0 Å². The van der Waals surface area contributed by atoms with E-state index in [0.29, 0.717) is 5.88 Å². The van der Waals surface area contributed by atoms with Gasteiger partial charge in [0.2, 0.25) is 5.91 Å². The fraction of sp³-hybridized carbons (Fsp3) is 0.375. The normalized spacial score (nSPS) is 26.2. The molecule has 13 heavy (non-hydrogen) atoms. The molecule has 3 nitrogen and oxygen atoms in total. The van der Waals surface area contributed by atoms with Crippen molar-refractivity contribution in [3.8, 4) is 0 Å². The fourth-order valence-corrected chi connectivity index (χ4v) is 2.29. The Morgan fingerprint density at radius 1 is 1.85 bits per heavy atom. The van der Waals surface area contributed by atoms with Gasteiger partial charge in [-0.15, -0.1) is 11.6 Å². The van der Waals surface area contributed by atoms with Crippen LogP contribution in [0.2, 0.25) is 0 Å². The van der Waals surface area contributed by atoms with E-state index in [1.807, 2.05) is 12.3 Å². The summed E-state index contributed by atoms with van der Waals surface area (Å²) in [6, 6.07) is 0. The molecule has 0 fully saturated rings. The first-order valence-electron chi connectivity index (χ1n) is 3.75. The third-order valence-corrected chi connectivity index (χ3v) is 3.41. The maximum atomic E-state index is 11.0. The summed E-state index contributed by atoms with van der Waals surface area (Å²) in [5.74, 6) is 0.245. The topological polar surface area (TPSA) is 41.1 Å². The van der Waals surface area contributed by atoms with Crippen molar-refractivity contribution in [2.24, 2.45) is 0 Å². The second-order valence-electron chi connectivity index (χ2n) is 2.78. The zero-order valence-corrected chi connectivity index (χ0v) is 10.0. The van der Waals surface area contributed by atoms with Gasteiger partial charge >= 0.3 is 0 Å². The largest absolute Gasteiger partial charge is 0.367 e. The van der Waals surface area contributed by atoms with Crippen LogP contribution in [0.1, 0.15) is 6.92 Å². The first kappa shape index (κ1) is 10.8. The van der Waals surface area contributed by atoms with Gasteiger partial charge in [-0.05, 0) is 34.9 Å². The number of nitrogens with one attached hydrogen (secondary N) is 2. The highest BCUT2D eigenvalue weighted by molar-refractivity contribution is 14.1. The predicted octanol–water partition coefficient (Wildman–Crippen LogP) is 1.49. The number of hydrogen-bond acceptors (Lipinski definition) is 2. The average Bonchev–Trinajstić information content (AvgIpc) is 2.08. The molecule has 0 radical (unpaired) electrons. The van der Waals surface area contributed by atoms with Crippen LogP contribution in [0.15, 0.2) is 22.1 Å². The highest BCUT2D eigenvalue weighted by Gasteiger charge is 2.31. The molecule has 1 atom stereocenters. The van der Waals surface area contributed by atoms with Gasteiger partial charge in [0.15, 0.2) is 0 Å². The van der Waals surface area contributed by atoms with E-state index in [9.17, 15) is 4.79 Å². The Kier molecular flexibility index (Phi) is 3.61. The van der Waals surface area contributed by atoms with Crippen molar-refractivity contribution < 1.29 is 4.79 Å². The lowest BCUT2D eigenvalue weighted by atomic mass is 10.0. The lowest BCUT2D eigenvalue weighted by molar-refractivity contribution is -0.119. The van der Waals surface area contributed by atoms with Crippen molar-refractivity contribution in [1.82, 2.24) is 10.6 Å². The molecule has 1 heterocycles. The Morgan fingerprint density at radius 2 is 2.54 bits per heavy atom. The third-order valence-electron chi connectivity index (χ3n) is 1.71. The Labute approximate surface area is 95.7 Å². The summed E-state index contributed by atoms with van der Waals surface area (Å²) < 4.78 is 0.970. The maximum Gasteiger partial charge on any atom is 0.217 e. The molecule has 5 heteroatoms. The molecule has 1 rings (SSSR count). The number of halogens is 2. The van der Waals surface area contributed by atoms with Crippen LogP contribution >= 0.6 is 34.2 Å². The van der Waals surface area contributed by atoms with Crippen LogP contribution in [0, 0.1) is 0 Å². The summed E-state index contributed by atoms with van der Waals surface area (Å²) in [4.78, 5) is 11.0. The van der Waals surface area contributed by atoms with Gasteiger partial charge in [0.25, 0.3) is 0 Å². The number of dihydropyridines is 1. The van der Waals surface area contributed by atoms with Crippen molar-refractivity contribution in [1.29, 1.82) is 0 Å². The molecule has 0 aromatic heterocycles. The van der Waals surface area contributed by atoms with E-state index in [0.717, 1.165) is 3.58 Å². The Bertz CT molecular complexity index is 277. The molecule has 0 spiro atoms. The first-order valence-corrected chi connectivity index (χ1v) is 5.37. The number of carbonyl (C=O) groups excluding carboxylic acids is 1. The van der Waals surface area contributed by atoms with Gasteiger partial charge in [0, 0.05) is 16.7 Å². The number of carbonyl (C=O) groups is 1. The Hall–Kier alpha value is -0.230. The molecule has 0 aliphatic carbocycles. The van der Waals surface area contributed by atoms with Crippen molar-refractivity contribution in [3.63, 3.8) is 0 Å². The van der Waals surface area contributed by atoms with Crippen LogP contribution in [0.5, 0.6) is 0 Å². The lowest BCUT2D eigenvalue weighted by Crippen LogP contribution is -2.49. The van der Waals surface area contributed by atoms with Gasteiger partial charge in [-0.25, -0.2) is 0 Å². The van der Waals surface area contributed by atoms with Gasteiger partial charge in [-0.2, -0.15) is 0 Å². The lowest BCUT2D eigenvalue weighted by Gasteiger charge is -2.31. The van der Waals surface area contributed by atoms with Crippen LogP contribution < -0.4 is 10.6 Å². The molecule has 1 unspecified atom stereocenters. The highest BCUT2D eigenvalue weighted by Crippen LogP contribution is 2.27. The molecule has 1 amide bonds. The van der Waals surface area contributed by atoms with E-state index < -0.39 is 5.54 Å². The van der Waals surface area contributed by atoms with Crippen LogP contribution in [-0.2, 0) is 4.79 Å². The minimum absolute atomic E-state index is 0.0882. The van der Waals surface area contributed by atoms with E-state index in [2.05, 4.69) is 33.2 Å². The van der Waals surface area contributed by atoms with E-state index in [4.69, 9.17) is 11.6 Å². The molecule has 72 valence electrons. The van der Waals surface area contributed by atoms with Gasteiger partial charge in [-0.1, -0.05) is 0 Å². The summed E-state index contributed by atoms with van der Waals surface area (Å²) >= 11 is 7.99. The Balaban J connectivity index is 2.90. The summed E-state index contributed by atoms with van der Waals surface area (Å²) in [5, 5.41) is 5.76. The molecule has 0 bridgehead atoms. The average molecular weight is 313 g/mol.